The van der Waals surface area contributed by atoms with E-state index >= 15 is 0 Å². The molecule has 0 aliphatic carbocycles. The fourth-order valence-electron chi connectivity index (χ4n) is 2.39. The van der Waals surface area contributed by atoms with E-state index in [1.54, 1.807) is 6.92 Å². The molecule has 4 nitrogen and oxygen atoms in total. The highest BCUT2D eigenvalue weighted by molar-refractivity contribution is 7.09. The third-order valence-electron chi connectivity index (χ3n) is 3.35. The van der Waals surface area contributed by atoms with Gasteiger partial charge in [0.1, 0.15) is 17.4 Å². The Morgan fingerprint density at radius 3 is 2.68 bits per heavy atom. The van der Waals surface area contributed by atoms with Crippen LogP contribution in [0, 0.1) is 6.92 Å². The first-order valence-corrected chi connectivity index (χ1v) is 7.18. The van der Waals surface area contributed by atoms with Gasteiger partial charge in [-0.3, -0.25) is 4.79 Å². The monoisotopic (exact) mass is 329 g/mol. The standard InChI is InChI=1S/C14H10F3NO3S/c1-6-18-9(5-22-6)11-12(20)8-3-2-7(19)4-10(8)21-13(11)14(15,16)17/h2-5,11,13,19H,1H3. The number of halogens is 3. The maximum Gasteiger partial charge on any atom is 0.426 e. The summed E-state index contributed by atoms with van der Waals surface area (Å²) >= 11 is 1.17. The average Bonchev–Trinajstić information content (AvgIpc) is 2.83. The van der Waals surface area contributed by atoms with E-state index in [0.29, 0.717) is 5.01 Å². The molecule has 1 aromatic carbocycles. The second-order valence-electron chi connectivity index (χ2n) is 4.89. The summed E-state index contributed by atoms with van der Waals surface area (Å²) in [6.45, 7) is 1.65. The van der Waals surface area contributed by atoms with Crippen LogP contribution in [0.5, 0.6) is 11.5 Å². The molecule has 0 saturated heterocycles. The summed E-state index contributed by atoms with van der Waals surface area (Å²) in [5.74, 6) is -2.79. The molecule has 2 unspecified atom stereocenters. The molecular weight excluding hydrogens is 319 g/mol. The summed E-state index contributed by atoms with van der Waals surface area (Å²) in [5, 5.41) is 11.4. The number of aromatic hydroxyl groups is 1. The van der Waals surface area contributed by atoms with Crippen molar-refractivity contribution >= 4 is 17.1 Å². The number of ether oxygens (including phenoxy) is 1. The minimum Gasteiger partial charge on any atom is -0.508 e. The molecule has 8 heteroatoms. The molecule has 2 atom stereocenters. The summed E-state index contributed by atoms with van der Waals surface area (Å²) in [6.07, 6.45) is -7.06. The summed E-state index contributed by atoms with van der Waals surface area (Å²) in [4.78, 5) is 16.5. The number of fused-ring (bicyclic) bond motifs is 1. The largest absolute Gasteiger partial charge is 0.508 e. The number of thiazole rings is 1. The Balaban J connectivity index is 2.13. The number of carbonyl (C=O) groups is 1. The van der Waals surface area contributed by atoms with Crippen molar-refractivity contribution in [3.05, 3.63) is 39.8 Å². The van der Waals surface area contributed by atoms with Crippen LogP contribution in [0.25, 0.3) is 0 Å². The van der Waals surface area contributed by atoms with Crippen molar-refractivity contribution in [3.63, 3.8) is 0 Å². The number of nitrogens with zero attached hydrogens (tertiary/aromatic N) is 1. The molecule has 1 N–H and O–H groups in total. The quantitative estimate of drug-likeness (QED) is 0.870. The topological polar surface area (TPSA) is 59.4 Å². The van der Waals surface area contributed by atoms with Crippen molar-refractivity contribution in [2.24, 2.45) is 0 Å². The third kappa shape index (κ3) is 2.43. The van der Waals surface area contributed by atoms with Gasteiger partial charge in [0.25, 0.3) is 0 Å². The van der Waals surface area contributed by atoms with Crippen LogP contribution in [0.4, 0.5) is 13.2 Å². The number of hydrogen-bond donors (Lipinski definition) is 1. The molecule has 2 heterocycles. The van der Waals surface area contributed by atoms with Crippen LogP contribution >= 0.6 is 11.3 Å². The van der Waals surface area contributed by atoms with Crippen molar-refractivity contribution < 1.29 is 27.8 Å². The minimum absolute atomic E-state index is 0.00829. The fourth-order valence-corrected chi connectivity index (χ4v) is 3.04. The van der Waals surface area contributed by atoms with Gasteiger partial charge in [0.05, 0.1) is 16.3 Å². The smallest absolute Gasteiger partial charge is 0.426 e. The van der Waals surface area contributed by atoms with Gasteiger partial charge in [-0.1, -0.05) is 0 Å². The molecular formula is C14H10F3NO3S. The Morgan fingerprint density at radius 1 is 1.36 bits per heavy atom. The van der Waals surface area contributed by atoms with E-state index in [0.717, 1.165) is 6.07 Å². The van der Waals surface area contributed by atoms with Crippen LogP contribution in [0.1, 0.15) is 27.0 Å². The van der Waals surface area contributed by atoms with Gasteiger partial charge in [-0.25, -0.2) is 4.98 Å². The van der Waals surface area contributed by atoms with Gasteiger partial charge in [0.2, 0.25) is 6.10 Å². The van der Waals surface area contributed by atoms with Crippen molar-refractivity contribution in [2.45, 2.75) is 25.1 Å². The highest BCUT2D eigenvalue weighted by Gasteiger charge is 2.54. The molecule has 0 amide bonds. The lowest BCUT2D eigenvalue weighted by molar-refractivity contribution is -0.200. The number of aromatic nitrogens is 1. The second kappa shape index (κ2) is 4.98. The Labute approximate surface area is 127 Å². The van der Waals surface area contributed by atoms with Gasteiger partial charge in [-0.05, 0) is 19.1 Å². The van der Waals surface area contributed by atoms with Gasteiger partial charge in [0.15, 0.2) is 5.78 Å². The second-order valence-corrected chi connectivity index (χ2v) is 5.96. The zero-order valence-electron chi connectivity index (χ0n) is 11.2. The van der Waals surface area contributed by atoms with Crippen LogP contribution in [-0.2, 0) is 0 Å². The first kappa shape index (κ1) is 14.8. The van der Waals surface area contributed by atoms with Gasteiger partial charge in [0, 0.05) is 11.4 Å². The summed E-state index contributed by atoms with van der Waals surface area (Å²) in [5.41, 5.74) is 0.0579. The van der Waals surface area contributed by atoms with E-state index < -0.39 is 24.0 Å². The van der Waals surface area contributed by atoms with E-state index in [1.165, 1.54) is 28.8 Å². The number of phenolic OH excluding ortho intramolecular Hbond substituents is 1. The highest BCUT2D eigenvalue weighted by atomic mass is 32.1. The molecule has 116 valence electrons. The minimum atomic E-state index is -4.74. The molecule has 0 fully saturated rings. The number of hydrogen-bond acceptors (Lipinski definition) is 5. The SMILES string of the molecule is Cc1nc(C2C(=O)c3ccc(O)cc3OC2C(F)(F)F)cs1. The van der Waals surface area contributed by atoms with Gasteiger partial charge in [-0.15, -0.1) is 11.3 Å². The molecule has 0 radical (unpaired) electrons. The van der Waals surface area contributed by atoms with Crippen LogP contribution < -0.4 is 4.74 Å². The average molecular weight is 329 g/mol. The highest BCUT2D eigenvalue weighted by Crippen LogP contribution is 2.43. The Morgan fingerprint density at radius 2 is 2.09 bits per heavy atom. The predicted octanol–water partition coefficient (Wildman–Crippen LogP) is 3.45. The maximum absolute atomic E-state index is 13.3. The van der Waals surface area contributed by atoms with Gasteiger partial charge < -0.3 is 9.84 Å². The first-order valence-electron chi connectivity index (χ1n) is 6.30. The van der Waals surface area contributed by atoms with Gasteiger partial charge >= 0.3 is 6.18 Å². The third-order valence-corrected chi connectivity index (χ3v) is 4.14. The van der Waals surface area contributed by atoms with E-state index in [-0.39, 0.29) is 22.8 Å². The van der Waals surface area contributed by atoms with Crippen LogP contribution in [-0.4, -0.2) is 28.2 Å². The normalized spacial score (nSPS) is 21.4. The van der Waals surface area contributed by atoms with Crippen molar-refractivity contribution in [2.75, 3.05) is 0 Å². The molecule has 3 rings (SSSR count). The Bertz CT molecular complexity index is 741. The summed E-state index contributed by atoms with van der Waals surface area (Å²) in [6, 6.07) is 3.50. The molecule has 1 aliphatic rings. The predicted molar refractivity (Wildman–Crippen MR) is 72.5 cm³/mol. The van der Waals surface area contributed by atoms with Crippen molar-refractivity contribution in [3.8, 4) is 11.5 Å². The summed E-state index contributed by atoms with van der Waals surface area (Å²) in [7, 11) is 0. The van der Waals surface area contributed by atoms with Crippen molar-refractivity contribution in [1.29, 1.82) is 0 Å². The number of rotatable bonds is 1. The number of Topliss-reactive ketones (excluding diaryl/α,β-unsaturated/α-hetero) is 1. The number of aryl methyl sites for hydroxylation is 1. The zero-order valence-corrected chi connectivity index (χ0v) is 12.0. The lowest BCUT2D eigenvalue weighted by Gasteiger charge is -2.32. The van der Waals surface area contributed by atoms with Crippen molar-refractivity contribution in [1.82, 2.24) is 4.98 Å². The molecule has 2 aromatic rings. The number of phenols is 1. The molecule has 0 bridgehead atoms. The Kier molecular flexibility index (Phi) is 3.36. The van der Waals surface area contributed by atoms with Crippen LogP contribution in [0.15, 0.2) is 23.6 Å². The number of benzene rings is 1. The van der Waals surface area contributed by atoms with E-state index in [2.05, 4.69) is 4.98 Å². The number of ketones is 1. The Hall–Kier alpha value is -2.09. The number of carbonyl (C=O) groups excluding carboxylic acids is 1. The maximum atomic E-state index is 13.3. The van der Waals surface area contributed by atoms with E-state index in [4.69, 9.17) is 4.74 Å². The zero-order chi connectivity index (χ0) is 16.1. The molecule has 1 aliphatic heterocycles. The number of alkyl halides is 3. The lowest BCUT2D eigenvalue weighted by Crippen LogP contribution is -2.46. The molecule has 0 saturated carbocycles. The summed E-state index contributed by atoms with van der Waals surface area (Å²) < 4.78 is 44.8. The molecule has 22 heavy (non-hydrogen) atoms. The lowest BCUT2D eigenvalue weighted by atomic mass is 9.86. The van der Waals surface area contributed by atoms with Gasteiger partial charge in [-0.2, -0.15) is 13.2 Å². The van der Waals surface area contributed by atoms with E-state index in [9.17, 15) is 23.1 Å². The molecule has 1 aromatic heterocycles. The fraction of sp³-hybridized carbons (Fsp3) is 0.286. The van der Waals surface area contributed by atoms with E-state index in [1.807, 2.05) is 0 Å². The molecule has 0 spiro atoms. The first-order chi connectivity index (χ1) is 10.3. The van der Waals surface area contributed by atoms with Crippen LogP contribution in [0.3, 0.4) is 0 Å². The van der Waals surface area contributed by atoms with Crippen LogP contribution in [0.2, 0.25) is 0 Å².